The lowest BCUT2D eigenvalue weighted by atomic mass is 10.1. The van der Waals surface area contributed by atoms with Crippen LogP contribution in [0.3, 0.4) is 0 Å². The Bertz CT molecular complexity index is 463. The number of hydrogen-bond acceptors (Lipinski definition) is 4. The summed E-state index contributed by atoms with van der Waals surface area (Å²) in [6.45, 7) is 2.09. The van der Waals surface area contributed by atoms with Gasteiger partial charge in [0.1, 0.15) is 5.69 Å². The summed E-state index contributed by atoms with van der Waals surface area (Å²) in [5.74, 6) is 0.0774. The van der Waals surface area contributed by atoms with Crippen molar-refractivity contribution in [1.82, 2.24) is 14.9 Å². The van der Waals surface area contributed by atoms with Crippen molar-refractivity contribution >= 4 is 5.95 Å². The fraction of sp³-hybridized carbons (Fsp3) is 0.667. The highest BCUT2D eigenvalue weighted by atomic mass is 19.4. The molecule has 1 N–H and O–H groups in total. The Kier molecular flexibility index (Phi) is 3.08. The molecule has 7 heteroatoms. The number of rotatable bonds is 2. The van der Waals surface area contributed by atoms with Crippen LogP contribution in [-0.2, 0) is 6.18 Å². The third kappa shape index (κ3) is 2.51. The van der Waals surface area contributed by atoms with Crippen LogP contribution in [0.2, 0.25) is 0 Å². The molecule has 1 aromatic heterocycles. The number of halogens is 3. The Morgan fingerprint density at radius 3 is 2.89 bits per heavy atom. The van der Waals surface area contributed by atoms with Crippen LogP contribution in [0, 0.1) is 0 Å². The van der Waals surface area contributed by atoms with Gasteiger partial charge in [-0.2, -0.15) is 13.2 Å². The quantitative estimate of drug-likeness (QED) is 0.895. The van der Waals surface area contributed by atoms with E-state index in [1.54, 1.807) is 0 Å². The molecule has 0 aliphatic carbocycles. The molecule has 0 radical (unpaired) electrons. The molecule has 2 saturated heterocycles. The van der Waals surface area contributed by atoms with Gasteiger partial charge in [0.2, 0.25) is 5.95 Å². The van der Waals surface area contributed by atoms with Gasteiger partial charge in [-0.15, -0.1) is 0 Å². The van der Waals surface area contributed by atoms with Crippen molar-refractivity contribution in [1.29, 1.82) is 0 Å². The predicted octanol–water partition coefficient (Wildman–Crippen LogP) is 2.14. The standard InChI is InChI=1S/C12H15F3N4/c13-12(14,15)10-3-5-16-11(18-10)17-8-4-7-19-6-1-2-9(8)19/h3,5,8-9H,1-2,4,6-7H2,(H,16,17,18). The molecule has 2 atom stereocenters. The molecule has 0 spiro atoms. The number of alkyl halides is 3. The smallest absolute Gasteiger partial charge is 0.350 e. The molecular formula is C12H15F3N4. The zero-order valence-electron chi connectivity index (χ0n) is 10.3. The Hall–Kier alpha value is -1.37. The number of nitrogens with one attached hydrogen (secondary N) is 1. The van der Waals surface area contributed by atoms with Gasteiger partial charge in [0.15, 0.2) is 0 Å². The predicted molar refractivity (Wildman–Crippen MR) is 63.7 cm³/mol. The highest BCUT2D eigenvalue weighted by Gasteiger charge is 2.38. The van der Waals surface area contributed by atoms with E-state index in [0.717, 1.165) is 44.6 Å². The van der Waals surface area contributed by atoms with E-state index in [-0.39, 0.29) is 12.0 Å². The number of hydrogen-bond donors (Lipinski definition) is 1. The molecule has 104 valence electrons. The minimum atomic E-state index is -4.42. The van der Waals surface area contributed by atoms with Crippen molar-refractivity contribution < 1.29 is 13.2 Å². The van der Waals surface area contributed by atoms with Gasteiger partial charge in [-0.3, -0.25) is 4.90 Å². The minimum Gasteiger partial charge on any atom is -0.350 e. The van der Waals surface area contributed by atoms with Gasteiger partial charge in [0, 0.05) is 24.8 Å². The van der Waals surface area contributed by atoms with E-state index in [9.17, 15) is 13.2 Å². The third-order valence-corrected chi connectivity index (χ3v) is 3.87. The van der Waals surface area contributed by atoms with Crippen molar-refractivity contribution in [2.75, 3.05) is 18.4 Å². The Balaban J connectivity index is 1.73. The van der Waals surface area contributed by atoms with Crippen molar-refractivity contribution in [3.63, 3.8) is 0 Å². The molecule has 0 bridgehead atoms. The van der Waals surface area contributed by atoms with Gasteiger partial charge in [-0.25, -0.2) is 9.97 Å². The molecule has 2 aliphatic heterocycles. The van der Waals surface area contributed by atoms with E-state index < -0.39 is 11.9 Å². The van der Waals surface area contributed by atoms with E-state index in [0.29, 0.717) is 6.04 Å². The molecule has 19 heavy (non-hydrogen) atoms. The molecular weight excluding hydrogens is 257 g/mol. The second-order valence-corrected chi connectivity index (χ2v) is 5.05. The summed E-state index contributed by atoms with van der Waals surface area (Å²) in [6.07, 6.45) is -0.0822. The summed E-state index contributed by atoms with van der Waals surface area (Å²) in [5.41, 5.74) is -0.897. The lowest BCUT2D eigenvalue weighted by Crippen LogP contribution is -2.34. The largest absolute Gasteiger partial charge is 0.433 e. The summed E-state index contributed by atoms with van der Waals surface area (Å²) in [6, 6.07) is 1.46. The topological polar surface area (TPSA) is 41.1 Å². The van der Waals surface area contributed by atoms with E-state index in [1.807, 2.05) is 0 Å². The average molecular weight is 272 g/mol. The van der Waals surface area contributed by atoms with E-state index in [1.165, 1.54) is 0 Å². The summed E-state index contributed by atoms with van der Waals surface area (Å²) in [5, 5.41) is 3.06. The summed E-state index contributed by atoms with van der Waals surface area (Å²) in [4.78, 5) is 9.83. The first-order valence-electron chi connectivity index (χ1n) is 6.45. The number of aromatic nitrogens is 2. The molecule has 2 aliphatic rings. The van der Waals surface area contributed by atoms with E-state index >= 15 is 0 Å². The zero-order valence-corrected chi connectivity index (χ0v) is 10.3. The fourth-order valence-electron chi connectivity index (χ4n) is 3.00. The Morgan fingerprint density at radius 2 is 2.11 bits per heavy atom. The first-order chi connectivity index (χ1) is 9.04. The lowest BCUT2D eigenvalue weighted by Gasteiger charge is -2.21. The normalized spacial score (nSPS) is 27.5. The minimum absolute atomic E-state index is 0.0774. The van der Waals surface area contributed by atoms with Crippen molar-refractivity contribution in [3.05, 3.63) is 18.0 Å². The first kappa shape index (κ1) is 12.7. The molecule has 2 fully saturated rings. The second kappa shape index (κ2) is 4.63. The highest BCUT2D eigenvalue weighted by Crippen LogP contribution is 2.31. The van der Waals surface area contributed by atoms with Crippen LogP contribution in [0.4, 0.5) is 19.1 Å². The monoisotopic (exact) mass is 272 g/mol. The van der Waals surface area contributed by atoms with Gasteiger partial charge in [-0.05, 0) is 31.9 Å². The lowest BCUT2D eigenvalue weighted by molar-refractivity contribution is -0.141. The molecule has 4 nitrogen and oxygen atoms in total. The van der Waals surface area contributed by atoms with Crippen LogP contribution >= 0.6 is 0 Å². The van der Waals surface area contributed by atoms with Gasteiger partial charge in [0.25, 0.3) is 0 Å². The van der Waals surface area contributed by atoms with E-state index in [2.05, 4.69) is 20.2 Å². The van der Waals surface area contributed by atoms with Crippen LogP contribution in [0.5, 0.6) is 0 Å². The van der Waals surface area contributed by atoms with Crippen LogP contribution in [0.25, 0.3) is 0 Å². The van der Waals surface area contributed by atoms with Gasteiger partial charge in [0.05, 0.1) is 0 Å². The van der Waals surface area contributed by atoms with Crippen LogP contribution in [0.1, 0.15) is 25.0 Å². The van der Waals surface area contributed by atoms with Crippen LogP contribution in [0.15, 0.2) is 12.3 Å². The zero-order chi connectivity index (χ0) is 13.5. The molecule has 3 heterocycles. The van der Waals surface area contributed by atoms with Gasteiger partial charge < -0.3 is 5.32 Å². The average Bonchev–Trinajstić information content (AvgIpc) is 2.93. The third-order valence-electron chi connectivity index (χ3n) is 3.87. The van der Waals surface area contributed by atoms with Crippen molar-refractivity contribution in [2.24, 2.45) is 0 Å². The second-order valence-electron chi connectivity index (χ2n) is 5.05. The summed E-state index contributed by atoms with van der Waals surface area (Å²) in [7, 11) is 0. The number of nitrogens with zero attached hydrogens (tertiary/aromatic N) is 3. The van der Waals surface area contributed by atoms with Crippen LogP contribution in [-0.4, -0.2) is 40.0 Å². The molecule has 0 saturated carbocycles. The SMILES string of the molecule is FC(F)(F)c1ccnc(NC2CCN3CCCC23)n1. The summed E-state index contributed by atoms with van der Waals surface area (Å²) >= 11 is 0. The van der Waals surface area contributed by atoms with Crippen LogP contribution < -0.4 is 5.32 Å². The van der Waals surface area contributed by atoms with Gasteiger partial charge in [-0.1, -0.05) is 0 Å². The maximum Gasteiger partial charge on any atom is 0.433 e. The molecule has 0 aromatic carbocycles. The molecule has 3 rings (SSSR count). The van der Waals surface area contributed by atoms with Gasteiger partial charge >= 0.3 is 6.18 Å². The Labute approximate surface area is 109 Å². The fourth-order valence-corrected chi connectivity index (χ4v) is 3.00. The molecule has 0 amide bonds. The number of fused-ring (bicyclic) bond motifs is 1. The molecule has 1 aromatic rings. The maximum atomic E-state index is 12.6. The van der Waals surface area contributed by atoms with Crippen molar-refractivity contribution in [3.8, 4) is 0 Å². The highest BCUT2D eigenvalue weighted by molar-refractivity contribution is 5.29. The summed E-state index contributed by atoms with van der Waals surface area (Å²) < 4.78 is 37.7. The maximum absolute atomic E-state index is 12.6. The first-order valence-corrected chi connectivity index (χ1v) is 6.45. The molecule has 2 unspecified atom stereocenters. The number of anilines is 1. The van der Waals surface area contributed by atoms with Crippen molar-refractivity contribution in [2.45, 2.75) is 37.5 Å². The Morgan fingerprint density at radius 1 is 1.26 bits per heavy atom. The van der Waals surface area contributed by atoms with E-state index in [4.69, 9.17) is 0 Å².